The first-order valence-electron chi connectivity index (χ1n) is 5.05. The number of primary amides is 1. The highest BCUT2D eigenvalue weighted by molar-refractivity contribution is 5.76. The lowest BCUT2D eigenvalue weighted by molar-refractivity contribution is -0.123. The summed E-state index contributed by atoms with van der Waals surface area (Å²) in [7, 11) is 0. The predicted molar refractivity (Wildman–Crippen MR) is 53.2 cm³/mol. The molecule has 0 saturated carbocycles. The van der Waals surface area contributed by atoms with Gasteiger partial charge in [0.25, 0.3) is 0 Å². The number of rotatable bonds is 3. The van der Waals surface area contributed by atoms with Crippen molar-refractivity contribution in [1.82, 2.24) is 4.90 Å². The van der Waals surface area contributed by atoms with Crippen molar-refractivity contribution in [2.45, 2.75) is 32.2 Å². The Morgan fingerprint density at radius 1 is 1.64 bits per heavy atom. The van der Waals surface area contributed by atoms with Gasteiger partial charge in [0.05, 0.1) is 12.0 Å². The van der Waals surface area contributed by atoms with Crippen LogP contribution in [0, 0.1) is 17.2 Å². The zero-order valence-electron chi connectivity index (χ0n) is 8.57. The smallest absolute Gasteiger partial charge is 0.221 e. The normalized spacial score (nSPS) is 28.3. The number of piperidine rings is 1. The summed E-state index contributed by atoms with van der Waals surface area (Å²) >= 11 is 0. The summed E-state index contributed by atoms with van der Waals surface area (Å²) in [5.74, 6) is -0.233. The molecule has 1 aliphatic heterocycles. The van der Waals surface area contributed by atoms with E-state index in [0.29, 0.717) is 12.5 Å². The molecular weight excluding hydrogens is 178 g/mol. The molecule has 2 atom stereocenters. The van der Waals surface area contributed by atoms with Gasteiger partial charge in [0, 0.05) is 25.6 Å². The molecule has 4 heteroatoms. The second kappa shape index (κ2) is 4.97. The lowest BCUT2D eigenvalue weighted by atomic mass is 9.93. The van der Waals surface area contributed by atoms with E-state index in [0.717, 1.165) is 25.9 Å². The van der Waals surface area contributed by atoms with Crippen LogP contribution in [0.4, 0.5) is 0 Å². The highest BCUT2D eigenvalue weighted by Gasteiger charge is 2.27. The van der Waals surface area contributed by atoms with Gasteiger partial charge >= 0.3 is 0 Å². The molecule has 0 aromatic rings. The van der Waals surface area contributed by atoms with E-state index in [1.54, 1.807) is 0 Å². The number of likely N-dealkylation sites (tertiary alicyclic amines) is 1. The summed E-state index contributed by atoms with van der Waals surface area (Å²) in [6.45, 7) is 3.61. The molecule has 0 bridgehead atoms. The predicted octanol–water partition coefficient (Wildman–Crippen LogP) is 0.486. The highest BCUT2D eigenvalue weighted by atomic mass is 16.1. The van der Waals surface area contributed by atoms with E-state index in [2.05, 4.69) is 17.9 Å². The first-order valence-corrected chi connectivity index (χ1v) is 5.05. The molecule has 2 N–H and O–H groups in total. The molecule has 2 unspecified atom stereocenters. The van der Waals surface area contributed by atoms with Crippen LogP contribution in [0.25, 0.3) is 0 Å². The van der Waals surface area contributed by atoms with Gasteiger partial charge in [-0.15, -0.1) is 0 Å². The van der Waals surface area contributed by atoms with E-state index in [1.165, 1.54) is 0 Å². The van der Waals surface area contributed by atoms with Gasteiger partial charge in [-0.25, -0.2) is 0 Å². The molecule has 1 aliphatic rings. The largest absolute Gasteiger partial charge is 0.369 e. The number of nitriles is 1. The molecule has 0 aromatic carbocycles. The third kappa shape index (κ3) is 2.71. The maximum atomic E-state index is 11.0. The third-order valence-electron chi connectivity index (χ3n) is 2.92. The van der Waals surface area contributed by atoms with Gasteiger partial charge in [-0.1, -0.05) is 0 Å². The number of hydrogen-bond acceptors (Lipinski definition) is 3. The Hall–Kier alpha value is -1.08. The highest BCUT2D eigenvalue weighted by Crippen LogP contribution is 2.21. The molecule has 1 fully saturated rings. The third-order valence-corrected chi connectivity index (χ3v) is 2.92. The molecule has 1 saturated heterocycles. The monoisotopic (exact) mass is 195 g/mol. The van der Waals surface area contributed by atoms with Crippen LogP contribution in [0.2, 0.25) is 0 Å². The molecule has 1 heterocycles. The number of nitrogens with two attached hydrogens (primary N) is 1. The summed E-state index contributed by atoms with van der Waals surface area (Å²) in [5.41, 5.74) is 5.27. The maximum Gasteiger partial charge on any atom is 0.221 e. The fourth-order valence-corrected chi connectivity index (χ4v) is 1.92. The number of carbonyl (C=O) groups is 1. The standard InChI is InChI=1S/C10H17N3O/c1-8-3-4-9(10(12)14)7-13(8)6-2-5-11/h8-9H,2-4,6-7H2,1H3,(H2,12,14). The Bertz CT molecular complexity index is 246. The lowest BCUT2D eigenvalue weighted by Gasteiger charge is -2.36. The zero-order chi connectivity index (χ0) is 10.6. The van der Waals surface area contributed by atoms with E-state index < -0.39 is 0 Å². The van der Waals surface area contributed by atoms with Crippen LogP contribution in [0.15, 0.2) is 0 Å². The van der Waals surface area contributed by atoms with Crippen molar-refractivity contribution in [1.29, 1.82) is 5.26 Å². The van der Waals surface area contributed by atoms with Crippen molar-refractivity contribution >= 4 is 5.91 Å². The minimum atomic E-state index is -0.209. The van der Waals surface area contributed by atoms with Crippen molar-refractivity contribution in [2.24, 2.45) is 11.7 Å². The van der Waals surface area contributed by atoms with E-state index in [1.807, 2.05) is 0 Å². The number of carbonyl (C=O) groups excluding carboxylic acids is 1. The van der Waals surface area contributed by atoms with E-state index in [9.17, 15) is 4.79 Å². The SMILES string of the molecule is CC1CCC(C(N)=O)CN1CCC#N. The average molecular weight is 195 g/mol. The van der Waals surface area contributed by atoms with Gasteiger partial charge < -0.3 is 5.73 Å². The molecule has 1 rings (SSSR count). The second-order valence-electron chi connectivity index (χ2n) is 3.93. The quantitative estimate of drug-likeness (QED) is 0.712. The van der Waals surface area contributed by atoms with Gasteiger partial charge in [0.15, 0.2) is 0 Å². The van der Waals surface area contributed by atoms with Gasteiger partial charge in [0.1, 0.15) is 0 Å². The summed E-state index contributed by atoms with van der Waals surface area (Å²) < 4.78 is 0. The topological polar surface area (TPSA) is 70.1 Å². The minimum absolute atomic E-state index is 0.0232. The Labute approximate surface area is 84.7 Å². The fraction of sp³-hybridized carbons (Fsp3) is 0.800. The van der Waals surface area contributed by atoms with Crippen LogP contribution in [-0.2, 0) is 4.79 Å². The number of hydrogen-bond donors (Lipinski definition) is 1. The van der Waals surface area contributed by atoms with E-state index in [-0.39, 0.29) is 11.8 Å². The van der Waals surface area contributed by atoms with Crippen molar-refractivity contribution in [3.05, 3.63) is 0 Å². The van der Waals surface area contributed by atoms with Gasteiger partial charge in [-0.2, -0.15) is 5.26 Å². The fourth-order valence-electron chi connectivity index (χ4n) is 1.92. The minimum Gasteiger partial charge on any atom is -0.369 e. The van der Waals surface area contributed by atoms with Crippen molar-refractivity contribution in [2.75, 3.05) is 13.1 Å². The first-order chi connectivity index (χ1) is 6.65. The molecular formula is C10H17N3O. The van der Waals surface area contributed by atoms with Crippen LogP contribution in [0.5, 0.6) is 0 Å². The summed E-state index contributed by atoms with van der Waals surface area (Å²) in [6.07, 6.45) is 2.41. The van der Waals surface area contributed by atoms with Gasteiger partial charge in [-0.3, -0.25) is 9.69 Å². The zero-order valence-corrected chi connectivity index (χ0v) is 8.57. The van der Waals surface area contributed by atoms with Crippen LogP contribution in [0.1, 0.15) is 26.2 Å². The molecule has 0 aromatic heterocycles. The van der Waals surface area contributed by atoms with Crippen molar-refractivity contribution in [3.63, 3.8) is 0 Å². The average Bonchev–Trinajstić information content (AvgIpc) is 2.16. The van der Waals surface area contributed by atoms with Crippen LogP contribution < -0.4 is 5.73 Å². The molecule has 78 valence electrons. The molecule has 0 radical (unpaired) electrons. The van der Waals surface area contributed by atoms with Crippen LogP contribution in [-0.4, -0.2) is 29.9 Å². The Morgan fingerprint density at radius 3 is 2.93 bits per heavy atom. The van der Waals surface area contributed by atoms with Crippen molar-refractivity contribution in [3.8, 4) is 6.07 Å². The van der Waals surface area contributed by atoms with Crippen LogP contribution >= 0.6 is 0 Å². The summed E-state index contributed by atoms with van der Waals surface area (Å²) in [4.78, 5) is 13.2. The Kier molecular flexibility index (Phi) is 3.90. The van der Waals surface area contributed by atoms with Crippen LogP contribution in [0.3, 0.4) is 0 Å². The van der Waals surface area contributed by atoms with Gasteiger partial charge in [-0.05, 0) is 19.8 Å². The van der Waals surface area contributed by atoms with Crippen molar-refractivity contribution < 1.29 is 4.79 Å². The summed E-state index contributed by atoms with van der Waals surface area (Å²) in [5, 5.41) is 8.49. The second-order valence-corrected chi connectivity index (χ2v) is 3.93. The molecule has 1 amide bonds. The number of nitrogens with zero attached hydrogens (tertiary/aromatic N) is 2. The Morgan fingerprint density at radius 2 is 2.36 bits per heavy atom. The Balaban J connectivity index is 2.47. The van der Waals surface area contributed by atoms with E-state index in [4.69, 9.17) is 11.0 Å². The molecule has 14 heavy (non-hydrogen) atoms. The maximum absolute atomic E-state index is 11.0. The number of amides is 1. The van der Waals surface area contributed by atoms with E-state index >= 15 is 0 Å². The lowest BCUT2D eigenvalue weighted by Crippen LogP contribution is -2.45. The summed E-state index contributed by atoms with van der Waals surface area (Å²) in [6, 6.07) is 2.59. The first kappa shape index (κ1) is 11.0. The molecule has 0 spiro atoms. The molecule has 4 nitrogen and oxygen atoms in total. The van der Waals surface area contributed by atoms with Gasteiger partial charge in [0.2, 0.25) is 5.91 Å². The molecule has 0 aliphatic carbocycles.